The van der Waals surface area contributed by atoms with Crippen LogP contribution in [0, 0.1) is 0 Å². The summed E-state index contributed by atoms with van der Waals surface area (Å²) in [6.45, 7) is 1.41. The van der Waals surface area contributed by atoms with Crippen molar-refractivity contribution in [2.75, 3.05) is 0 Å². The second-order valence-corrected chi connectivity index (χ2v) is 3.08. The molecule has 0 aliphatic carbocycles. The van der Waals surface area contributed by atoms with Crippen molar-refractivity contribution in [2.24, 2.45) is 0 Å². The fourth-order valence-corrected chi connectivity index (χ4v) is 1.33. The fraction of sp³-hybridized carbons (Fsp3) is 0.111. The van der Waals surface area contributed by atoms with Crippen LogP contribution in [0.1, 0.15) is 27.6 Å². The lowest BCUT2D eigenvalue weighted by atomic mass is 10.1. The standard InChI is InChI=1S/C9H8O3S/c1-5(10)7-3-2-6(9(11)12)4-8(7)13/h2-4,13H,1H3,(H,11,12). The minimum absolute atomic E-state index is 0.123. The number of Topliss-reactive ketones (excluding diaryl/α,β-unsaturated/α-hetero) is 1. The number of ketones is 1. The molecule has 1 N–H and O–H groups in total. The molecule has 3 nitrogen and oxygen atoms in total. The van der Waals surface area contributed by atoms with Crippen LogP contribution in [-0.2, 0) is 0 Å². The Kier molecular flexibility index (Phi) is 2.72. The molecule has 0 bridgehead atoms. The monoisotopic (exact) mass is 196 g/mol. The van der Waals surface area contributed by atoms with Crippen molar-refractivity contribution in [3.63, 3.8) is 0 Å². The Balaban J connectivity index is 3.20. The summed E-state index contributed by atoms with van der Waals surface area (Å²) in [6.07, 6.45) is 0. The van der Waals surface area contributed by atoms with Crippen LogP contribution in [0.4, 0.5) is 0 Å². The number of rotatable bonds is 2. The molecule has 0 unspecified atom stereocenters. The molecule has 68 valence electrons. The van der Waals surface area contributed by atoms with Crippen LogP contribution in [0.15, 0.2) is 23.1 Å². The average molecular weight is 196 g/mol. The number of aromatic carboxylic acids is 1. The molecule has 0 amide bonds. The van der Waals surface area contributed by atoms with Gasteiger partial charge in [0, 0.05) is 10.5 Å². The van der Waals surface area contributed by atoms with E-state index in [0.29, 0.717) is 10.5 Å². The molecule has 1 rings (SSSR count). The highest BCUT2D eigenvalue weighted by Gasteiger charge is 2.08. The van der Waals surface area contributed by atoms with Crippen molar-refractivity contribution in [2.45, 2.75) is 11.8 Å². The first-order valence-electron chi connectivity index (χ1n) is 3.59. The second kappa shape index (κ2) is 3.62. The number of hydrogen-bond donors (Lipinski definition) is 2. The van der Waals surface area contributed by atoms with Crippen LogP contribution >= 0.6 is 12.6 Å². The van der Waals surface area contributed by atoms with Gasteiger partial charge in [0.25, 0.3) is 0 Å². The third-order valence-electron chi connectivity index (χ3n) is 1.62. The van der Waals surface area contributed by atoms with Gasteiger partial charge in [-0.3, -0.25) is 4.79 Å². The molecule has 4 heteroatoms. The first kappa shape index (κ1) is 9.80. The minimum Gasteiger partial charge on any atom is -0.478 e. The molecule has 0 saturated carbocycles. The molecule has 13 heavy (non-hydrogen) atoms. The molecule has 1 aromatic rings. The number of benzene rings is 1. The van der Waals surface area contributed by atoms with Crippen molar-refractivity contribution in [1.29, 1.82) is 0 Å². The van der Waals surface area contributed by atoms with Gasteiger partial charge in [-0.15, -0.1) is 12.6 Å². The number of carboxylic acid groups (broad SMARTS) is 1. The maximum atomic E-state index is 11.0. The molecule has 0 aromatic heterocycles. The van der Waals surface area contributed by atoms with E-state index in [-0.39, 0.29) is 11.3 Å². The average Bonchev–Trinajstić information content (AvgIpc) is 2.03. The smallest absolute Gasteiger partial charge is 0.335 e. The molecule has 0 spiro atoms. The quantitative estimate of drug-likeness (QED) is 0.561. The van der Waals surface area contributed by atoms with E-state index in [9.17, 15) is 9.59 Å². The van der Waals surface area contributed by atoms with Crippen molar-refractivity contribution >= 4 is 24.4 Å². The van der Waals surface area contributed by atoms with Gasteiger partial charge >= 0.3 is 5.97 Å². The molecule has 0 saturated heterocycles. The number of carbonyl (C=O) groups excluding carboxylic acids is 1. The highest BCUT2D eigenvalue weighted by atomic mass is 32.1. The predicted octanol–water partition coefficient (Wildman–Crippen LogP) is 1.88. The zero-order valence-electron chi connectivity index (χ0n) is 6.94. The fourth-order valence-electron chi connectivity index (χ4n) is 0.962. The Labute approximate surface area is 80.8 Å². The summed E-state index contributed by atoms with van der Waals surface area (Å²) >= 11 is 4.02. The molecular formula is C9H8O3S. The summed E-state index contributed by atoms with van der Waals surface area (Å²) in [5.41, 5.74) is 0.573. The van der Waals surface area contributed by atoms with E-state index in [1.54, 1.807) is 0 Å². The van der Waals surface area contributed by atoms with Gasteiger partial charge in [-0.25, -0.2) is 4.79 Å². The van der Waals surface area contributed by atoms with Gasteiger partial charge in [0.1, 0.15) is 0 Å². The van der Waals surface area contributed by atoms with Gasteiger partial charge in [-0.2, -0.15) is 0 Å². The van der Waals surface area contributed by atoms with E-state index in [4.69, 9.17) is 5.11 Å². The molecule has 1 aromatic carbocycles. The predicted molar refractivity (Wildman–Crippen MR) is 50.7 cm³/mol. The Morgan fingerprint density at radius 2 is 2.00 bits per heavy atom. The summed E-state index contributed by atoms with van der Waals surface area (Å²) in [7, 11) is 0. The maximum absolute atomic E-state index is 11.0. The molecular weight excluding hydrogens is 188 g/mol. The zero-order valence-corrected chi connectivity index (χ0v) is 7.84. The SMILES string of the molecule is CC(=O)c1ccc(C(=O)O)cc1S. The van der Waals surface area contributed by atoms with Gasteiger partial charge in [-0.05, 0) is 25.1 Å². The summed E-state index contributed by atoms with van der Waals surface area (Å²) < 4.78 is 0. The van der Waals surface area contributed by atoms with E-state index in [1.807, 2.05) is 0 Å². The van der Waals surface area contributed by atoms with Crippen molar-refractivity contribution in [3.05, 3.63) is 29.3 Å². The summed E-state index contributed by atoms with van der Waals surface area (Å²) in [4.78, 5) is 21.9. The molecule has 0 radical (unpaired) electrons. The first-order valence-corrected chi connectivity index (χ1v) is 4.04. The van der Waals surface area contributed by atoms with E-state index in [1.165, 1.54) is 25.1 Å². The van der Waals surface area contributed by atoms with Crippen LogP contribution < -0.4 is 0 Å². The van der Waals surface area contributed by atoms with Crippen molar-refractivity contribution < 1.29 is 14.7 Å². The van der Waals surface area contributed by atoms with Gasteiger partial charge in [-0.1, -0.05) is 0 Å². The topological polar surface area (TPSA) is 54.4 Å². The first-order chi connectivity index (χ1) is 6.02. The maximum Gasteiger partial charge on any atom is 0.335 e. The van der Waals surface area contributed by atoms with Gasteiger partial charge in [0.05, 0.1) is 5.56 Å². The number of hydrogen-bond acceptors (Lipinski definition) is 3. The van der Waals surface area contributed by atoms with Crippen LogP contribution in [0.3, 0.4) is 0 Å². The van der Waals surface area contributed by atoms with Gasteiger partial charge in [0.15, 0.2) is 5.78 Å². The van der Waals surface area contributed by atoms with Crippen molar-refractivity contribution in [3.8, 4) is 0 Å². The van der Waals surface area contributed by atoms with Crippen LogP contribution in [0.5, 0.6) is 0 Å². The summed E-state index contributed by atoms with van der Waals surface area (Å²) in [6, 6.07) is 4.22. The van der Waals surface area contributed by atoms with Gasteiger partial charge in [0.2, 0.25) is 0 Å². The second-order valence-electron chi connectivity index (χ2n) is 2.59. The minimum atomic E-state index is -1.02. The summed E-state index contributed by atoms with van der Waals surface area (Å²) in [5.74, 6) is -1.15. The lowest BCUT2D eigenvalue weighted by Gasteiger charge is -2.01. The number of thiol groups is 1. The Hall–Kier alpha value is -1.29. The van der Waals surface area contributed by atoms with E-state index >= 15 is 0 Å². The van der Waals surface area contributed by atoms with Gasteiger partial charge < -0.3 is 5.11 Å². The largest absolute Gasteiger partial charge is 0.478 e. The van der Waals surface area contributed by atoms with E-state index < -0.39 is 5.97 Å². The number of carboxylic acids is 1. The van der Waals surface area contributed by atoms with E-state index in [2.05, 4.69) is 12.6 Å². The molecule has 0 atom stereocenters. The Morgan fingerprint density at radius 3 is 2.38 bits per heavy atom. The lowest BCUT2D eigenvalue weighted by molar-refractivity contribution is 0.0696. The Bertz CT molecular complexity index is 371. The van der Waals surface area contributed by atoms with Crippen molar-refractivity contribution in [1.82, 2.24) is 0 Å². The summed E-state index contributed by atoms with van der Waals surface area (Å²) in [5, 5.41) is 8.62. The lowest BCUT2D eigenvalue weighted by Crippen LogP contribution is -1.99. The Morgan fingerprint density at radius 1 is 1.38 bits per heavy atom. The third kappa shape index (κ3) is 2.09. The molecule has 0 aliphatic rings. The normalized spacial score (nSPS) is 9.69. The van der Waals surface area contributed by atoms with Crippen LogP contribution in [-0.4, -0.2) is 16.9 Å². The van der Waals surface area contributed by atoms with Crippen LogP contribution in [0.25, 0.3) is 0 Å². The highest BCUT2D eigenvalue weighted by Crippen LogP contribution is 2.16. The number of carbonyl (C=O) groups is 2. The van der Waals surface area contributed by atoms with E-state index in [0.717, 1.165) is 0 Å². The molecule has 0 heterocycles. The van der Waals surface area contributed by atoms with Crippen LogP contribution in [0.2, 0.25) is 0 Å². The zero-order chi connectivity index (χ0) is 10.0. The third-order valence-corrected chi connectivity index (χ3v) is 1.99. The molecule has 0 aliphatic heterocycles. The highest BCUT2D eigenvalue weighted by molar-refractivity contribution is 7.80. The molecule has 0 fully saturated rings.